The summed E-state index contributed by atoms with van der Waals surface area (Å²) in [5.74, 6) is 0.818. The van der Waals surface area contributed by atoms with Gasteiger partial charge in [0, 0.05) is 0 Å². The van der Waals surface area contributed by atoms with E-state index in [9.17, 15) is 4.79 Å². The number of thioether (sulfide) groups is 1. The quantitative estimate of drug-likeness (QED) is 0.613. The van der Waals surface area contributed by atoms with Crippen molar-refractivity contribution in [2.45, 2.75) is 6.04 Å². The molecule has 0 aromatic heterocycles. The molecule has 1 aliphatic rings. The molecule has 7 heteroatoms. The number of rotatable bonds is 6. The van der Waals surface area contributed by atoms with Crippen LogP contribution in [-0.2, 0) is 19.8 Å². The number of carbonyl (C=O) groups is 1. The first kappa shape index (κ1) is 16.3. The molecule has 0 spiro atoms. The second kappa shape index (κ2) is 7.80. The monoisotopic (exact) mass is 367 g/mol. The Morgan fingerprint density at radius 2 is 2.30 bits per heavy atom. The molecule has 0 saturated carbocycles. The molecule has 0 amide bonds. The Balaban J connectivity index is 1.77. The van der Waals surface area contributed by atoms with Crippen LogP contribution in [0.5, 0.6) is 0 Å². The van der Waals surface area contributed by atoms with E-state index >= 15 is 0 Å². The number of carboxylic acid groups (broad SMARTS) is 1. The van der Waals surface area contributed by atoms with Crippen molar-refractivity contribution < 1.29 is 24.9 Å². The van der Waals surface area contributed by atoms with Crippen LogP contribution in [-0.4, -0.2) is 52.2 Å². The van der Waals surface area contributed by atoms with Crippen molar-refractivity contribution in [3.8, 4) is 0 Å². The molecule has 1 fully saturated rings. The first-order valence-corrected chi connectivity index (χ1v) is 10.8. The average molecular weight is 368 g/mol. The van der Waals surface area contributed by atoms with Crippen LogP contribution < -0.4 is 0 Å². The third-order valence-electron chi connectivity index (χ3n) is 2.93. The van der Waals surface area contributed by atoms with Crippen molar-refractivity contribution in [1.29, 1.82) is 0 Å². The number of hydrogen-bond acceptors (Lipinski definition) is 4. The Hall–Kier alpha value is -0.0696. The summed E-state index contributed by atoms with van der Waals surface area (Å²) in [5.41, 5.74) is 1.10. The SMILES string of the molecule is CN1[C@@H](C(=O)O)CS[Si]1[CH-]CS[C](=[Ni])c1ccccc1. The van der Waals surface area contributed by atoms with Crippen molar-refractivity contribution in [2.75, 3.05) is 18.6 Å². The Morgan fingerprint density at radius 1 is 1.60 bits per heavy atom. The van der Waals surface area contributed by atoms with Crippen LogP contribution in [0.1, 0.15) is 5.56 Å². The van der Waals surface area contributed by atoms with Crippen LogP contribution >= 0.6 is 23.0 Å². The molecule has 111 valence electrons. The van der Waals surface area contributed by atoms with Gasteiger partial charge in [-0.15, -0.1) is 0 Å². The molecular formula is C13H15NNiO2S2Si-. The van der Waals surface area contributed by atoms with Crippen LogP contribution in [0.4, 0.5) is 0 Å². The number of aliphatic carboxylic acids is 1. The van der Waals surface area contributed by atoms with Gasteiger partial charge in [0.05, 0.1) is 0 Å². The van der Waals surface area contributed by atoms with Crippen molar-refractivity contribution in [1.82, 2.24) is 4.57 Å². The fourth-order valence-corrected chi connectivity index (χ4v) is 8.44. The standard InChI is InChI=1S/C13H15NO2S2Si.Ni/c1-14-12(13(15)16)10-18-19(14)8-7-17-9-11-5-3-2-4-6-11;/h2-6,8,12H,7,10H2,1H3,(H,15,16);/q-1;/t12-;/m1./s1. The van der Waals surface area contributed by atoms with Crippen LogP contribution in [0.3, 0.4) is 0 Å². The van der Waals surface area contributed by atoms with Crippen LogP contribution in [0.25, 0.3) is 0 Å². The molecule has 3 nitrogen and oxygen atoms in total. The molecule has 1 radical (unpaired) electrons. The van der Waals surface area contributed by atoms with E-state index in [1.807, 2.05) is 41.9 Å². The van der Waals surface area contributed by atoms with Crippen molar-refractivity contribution >= 4 is 40.9 Å². The molecule has 20 heavy (non-hydrogen) atoms. The summed E-state index contributed by atoms with van der Waals surface area (Å²) in [7, 11) is 1.02. The number of benzene rings is 1. The summed E-state index contributed by atoms with van der Waals surface area (Å²) in [4.78, 5) is 11.0. The second-order valence-corrected chi connectivity index (χ2v) is 10.6. The number of nitrogens with zero attached hydrogens (tertiary/aromatic N) is 1. The van der Waals surface area contributed by atoms with Gasteiger partial charge in [0.25, 0.3) is 0 Å². The molecule has 1 saturated heterocycles. The predicted octanol–water partition coefficient (Wildman–Crippen LogP) is 1.81. The summed E-state index contributed by atoms with van der Waals surface area (Å²) < 4.78 is 2.94. The third-order valence-corrected chi connectivity index (χ3v) is 9.83. The molecule has 0 aliphatic carbocycles. The maximum atomic E-state index is 11.0. The maximum absolute atomic E-state index is 11.0. The molecule has 0 unspecified atom stereocenters. The second-order valence-electron chi connectivity index (χ2n) is 4.24. The van der Waals surface area contributed by atoms with Gasteiger partial charge in [-0.3, -0.25) is 0 Å². The van der Waals surface area contributed by atoms with Crippen LogP contribution in [0, 0.1) is 6.04 Å². The summed E-state index contributed by atoms with van der Waals surface area (Å²) in [6, 6.07) is 11.9. The van der Waals surface area contributed by atoms with E-state index in [1.165, 1.54) is 0 Å². The minimum absolute atomic E-state index is 0.334. The van der Waals surface area contributed by atoms with E-state index in [0.717, 1.165) is 15.1 Å². The zero-order valence-corrected chi connectivity index (χ0v) is 14.5. The van der Waals surface area contributed by atoms with Gasteiger partial charge >= 0.3 is 137 Å². The Labute approximate surface area is 136 Å². The third kappa shape index (κ3) is 4.21. The van der Waals surface area contributed by atoms with Gasteiger partial charge in [0.1, 0.15) is 0 Å². The van der Waals surface area contributed by atoms with E-state index in [0.29, 0.717) is 5.75 Å². The van der Waals surface area contributed by atoms with E-state index < -0.39 is 14.1 Å². The molecule has 1 aromatic carbocycles. The van der Waals surface area contributed by atoms with Gasteiger partial charge in [0.2, 0.25) is 0 Å². The first-order chi connectivity index (χ1) is 9.59. The Kier molecular flexibility index (Phi) is 6.36. The molecule has 1 aromatic rings. The topological polar surface area (TPSA) is 40.5 Å². The number of likely N-dealkylation sites (N-methyl/N-ethyl adjacent to an activating group) is 1. The average Bonchev–Trinajstić information content (AvgIpc) is 2.81. The Bertz CT molecular complexity index is 489. The van der Waals surface area contributed by atoms with Gasteiger partial charge in [-0.2, -0.15) is 0 Å². The number of hydrogen-bond donors (Lipinski definition) is 1. The van der Waals surface area contributed by atoms with Gasteiger partial charge in [-0.1, -0.05) is 0 Å². The fourth-order valence-electron chi connectivity index (χ4n) is 1.79. The van der Waals surface area contributed by atoms with E-state index in [2.05, 4.69) is 6.04 Å². The normalized spacial score (nSPS) is 20.2. The van der Waals surface area contributed by atoms with Gasteiger partial charge in [0.15, 0.2) is 0 Å². The van der Waals surface area contributed by atoms with Crippen molar-refractivity contribution in [3.63, 3.8) is 0 Å². The zero-order chi connectivity index (χ0) is 14.5. The minimum atomic E-state index is -0.891. The summed E-state index contributed by atoms with van der Waals surface area (Å²) in [6.45, 7) is 0. The summed E-state index contributed by atoms with van der Waals surface area (Å²) in [6.07, 6.45) is 0. The molecule has 1 heterocycles. The fraction of sp³-hybridized carbons (Fsp3) is 0.308. The first-order valence-electron chi connectivity index (χ1n) is 6.05. The molecular weight excluding hydrogens is 353 g/mol. The van der Waals surface area contributed by atoms with Crippen molar-refractivity contribution in [2.24, 2.45) is 0 Å². The molecule has 1 N–H and O–H groups in total. The van der Waals surface area contributed by atoms with Crippen LogP contribution in [0.15, 0.2) is 30.3 Å². The van der Waals surface area contributed by atoms with Gasteiger partial charge in [-0.05, 0) is 0 Å². The van der Waals surface area contributed by atoms with Crippen molar-refractivity contribution in [3.05, 3.63) is 41.9 Å². The van der Waals surface area contributed by atoms with E-state index in [4.69, 9.17) is 20.1 Å². The molecule has 2 rings (SSSR count). The van der Waals surface area contributed by atoms with Crippen LogP contribution in [0.2, 0.25) is 0 Å². The molecule has 1 aliphatic heterocycles. The molecule has 1 atom stereocenters. The number of carboxylic acids is 1. The predicted molar refractivity (Wildman–Crippen MR) is 84.7 cm³/mol. The van der Waals surface area contributed by atoms with E-state index in [-0.39, 0.29) is 6.04 Å². The Morgan fingerprint density at radius 3 is 2.90 bits per heavy atom. The van der Waals surface area contributed by atoms with E-state index in [1.54, 1.807) is 23.0 Å². The van der Waals surface area contributed by atoms with Gasteiger partial charge in [-0.25, -0.2) is 0 Å². The summed E-state index contributed by atoms with van der Waals surface area (Å²) in [5, 5.41) is 9.09. The zero-order valence-electron chi connectivity index (χ0n) is 10.9. The summed E-state index contributed by atoms with van der Waals surface area (Å²) >= 11 is 8.50. The molecule has 0 bridgehead atoms. The van der Waals surface area contributed by atoms with Gasteiger partial charge < -0.3 is 0 Å².